The summed E-state index contributed by atoms with van der Waals surface area (Å²) in [4.78, 5) is 12.3. The SMILES string of the molecule is COC(=O)c1cc2cccc(C3=CCOCC3)c2s1. The molecule has 0 N–H and O–H groups in total. The smallest absolute Gasteiger partial charge is 0.348 e. The fourth-order valence-electron chi connectivity index (χ4n) is 2.29. The normalized spacial score (nSPS) is 15.3. The second-order valence-electron chi connectivity index (χ2n) is 4.38. The molecule has 2 aromatic rings. The Balaban J connectivity index is 2.12. The molecule has 0 spiro atoms. The van der Waals surface area contributed by atoms with Crippen molar-refractivity contribution in [2.24, 2.45) is 0 Å². The van der Waals surface area contributed by atoms with E-state index in [1.165, 1.54) is 29.6 Å². The molecule has 98 valence electrons. The monoisotopic (exact) mass is 274 g/mol. The van der Waals surface area contributed by atoms with Gasteiger partial charge in [0.2, 0.25) is 0 Å². The van der Waals surface area contributed by atoms with Crippen LogP contribution >= 0.6 is 11.3 Å². The van der Waals surface area contributed by atoms with Crippen LogP contribution in [0.2, 0.25) is 0 Å². The average Bonchev–Trinajstić information content (AvgIpc) is 2.91. The Morgan fingerprint density at radius 3 is 3.05 bits per heavy atom. The molecule has 0 unspecified atom stereocenters. The number of hydrogen-bond donors (Lipinski definition) is 0. The number of carbonyl (C=O) groups is 1. The highest BCUT2D eigenvalue weighted by Crippen LogP contribution is 2.34. The van der Waals surface area contributed by atoms with E-state index in [-0.39, 0.29) is 5.97 Å². The van der Waals surface area contributed by atoms with Gasteiger partial charge in [-0.1, -0.05) is 24.3 Å². The maximum absolute atomic E-state index is 11.6. The van der Waals surface area contributed by atoms with E-state index < -0.39 is 0 Å². The van der Waals surface area contributed by atoms with Crippen molar-refractivity contribution >= 4 is 33.0 Å². The van der Waals surface area contributed by atoms with Crippen LogP contribution in [0, 0.1) is 0 Å². The number of esters is 1. The number of rotatable bonds is 2. The van der Waals surface area contributed by atoms with Crippen LogP contribution in [0.15, 0.2) is 30.3 Å². The van der Waals surface area contributed by atoms with E-state index in [0.717, 1.165) is 23.1 Å². The van der Waals surface area contributed by atoms with Gasteiger partial charge in [-0.2, -0.15) is 0 Å². The van der Waals surface area contributed by atoms with E-state index in [4.69, 9.17) is 9.47 Å². The molecule has 0 aliphatic carbocycles. The summed E-state index contributed by atoms with van der Waals surface area (Å²) in [5.41, 5.74) is 2.51. The van der Waals surface area contributed by atoms with Gasteiger partial charge in [-0.15, -0.1) is 11.3 Å². The van der Waals surface area contributed by atoms with Crippen LogP contribution in [0.4, 0.5) is 0 Å². The molecule has 0 saturated carbocycles. The second-order valence-corrected chi connectivity index (χ2v) is 5.43. The van der Waals surface area contributed by atoms with E-state index in [2.05, 4.69) is 12.1 Å². The lowest BCUT2D eigenvalue weighted by Crippen LogP contribution is -2.03. The second kappa shape index (κ2) is 5.15. The van der Waals surface area contributed by atoms with Gasteiger partial charge in [-0.25, -0.2) is 4.79 Å². The predicted octanol–water partition coefficient (Wildman–Crippen LogP) is 3.49. The van der Waals surface area contributed by atoms with E-state index in [1.807, 2.05) is 18.2 Å². The molecule has 0 amide bonds. The first-order valence-electron chi connectivity index (χ1n) is 6.17. The Hall–Kier alpha value is -1.65. The van der Waals surface area contributed by atoms with Crippen LogP contribution in [0.25, 0.3) is 15.7 Å². The minimum Gasteiger partial charge on any atom is -0.465 e. The van der Waals surface area contributed by atoms with Gasteiger partial charge in [-0.05, 0) is 29.0 Å². The fraction of sp³-hybridized carbons (Fsp3) is 0.267. The first-order chi connectivity index (χ1) is 9.29. The quantitative estimate of drug-likeness (QED) is 0.786. The van der Waals surface area contributed by atoms with Crippen molar-refractivity contribution in [1.29, 1.82) is 0 Å². The van der Waals surface area contributed by atoms with Crippen molar-refractivity contribution < 1.29 is 14.3 Å². The van der Waals surface area contributed by atoms with Crippen LogP contribution in [0.5, 0.6) is 0 Å². The third-order valence-corrected chi connectivity index (χ3v) is 4.40. The summed E-state index contributed by atoms with van der Waals surface area (Å²) in [6.45, 7) is 1.43. The molecule has 3 nitrogen and oxygen atoms in total. The van der Waals surface area contributed by atoms with Gasteiger partial charge in [0, 0.05) is 4.70 Å². The van der Waals surface area contributed by atoms with Crippen molar-refractivity contribution in [1.82, 2.24) is 0 Å². The van der Waals surface area contributed by atoms with Gasteiger partial charge in [-0.3, -0.25) is 0 Å². The van der Waals surface area contributed by atoms with Crippen molar-refractivity contribution in [3.8, 4) is 0 Å². The van der Waals surface area contributed by atoms with Crippen molar-refractivity contribution in [2.45, 2.75) is 6.42 Å². The number of fused-ring (bicyclic) bond motifs is 1. The lowest BCUT2D eigenvalue weighted by atomic mass is 10.0. The highest BCUT2D eigenvalue weighted by molar-refractivity contribution is 7.21. The molecule has 0 fully saturated rings. The zero-order valence-electron chi connectivity index (χ0n) is 10.6. The lowest BCUT2D eigenvalue weighted by molar-refractivity contribution is 0.0606. The number of methoxy groups -OCH3 is 1. The molecule has 0 radical (unpaired) electrons. The van der Waals surface area contributed by atoms with E-state index in [1.54, 1.807) is 0 Å². The Morgan fingerprint density at radius 1 is 1.42 bits per heavy atom. The standard InChI is InChI=1S/C15H14O3S/c1-17-15(16)13-9-11-3-2-4-12(14(11)19-13)10-5-7-18-8-6-10/h2-5,9H,6-8H2,1H3. The van der Waals surface area contributed by atoms with Crippen LogP contribution in [-0.4, -0.2) is 26.3 Å². The summed E-state index contributed by atoms with van der Waals surface area (Å²) in [5, 5.41) is 1.09. The summed E-state index contributed by atoms with van der Waals surface area (Å²) in [5.74, 6) is -0.270. The Kier molecular flexibility index (Phi) is 3.36. The molecule has 1 aromatic heterocycles. The van der Waals surface area contributed by atoms with E-state index in [9.17, 15) is 4.79 Å². The Bertz CT molecular complexity index is 654. The first-order valence-corrected chi connectivity index (χ1v) is 6.99. The highest BCUT2D eigenvalue weighted by Gasteiger charge is 2.15. The molecule has 1 aliphatic heterocycles. The zero-order valence-corrected chi connectivity index (χ0v) is 11.5. The van der Waals surface area contributed by atoms with Crippen LogP contribution in [0.3, 0.4) is 0 Å². The first kappa shape index (κ1) is 12.4. The number of carbonyl (C=O) groups excluding carboxylic acids is 1. The molecule has 0 atom stereocenters. The van der Waals surface area contributed by atoms with Crippen molar-refractivity contribution in [3.63, 3.8) is 0 Å². The summed E-state index contributed by atoms with van der Waals surface area (Å²) < 4.78 is 11.3. The number of hydrogen-bond acceptors (Lipinski definition) is 4. The molecule has 1 aromatic carbocycles. The maximum Gasteiger partial charge on any atom is 0.348 e. The van der Waals surface area contributed by atoms with Crippen LogP contribution in [0.1, 0.15) is 21.7 Å². The number of thiophene rings is 1. The van der Waals surface area contributed by atoms with Gasteiger partial charge in [0.1, 0.15) is 4.88 Å². The van der Waals surface area contributed by atoms with E-state index >= 15 is 0 Å². The molecule has 0 saturated heterocycles. The van der Waals surface area contributed by atoms with Crippen molar-refractivity contribution in [2.75, 3.05) is 20.3 Å². The van der Waals surface area contributed by atoms with Crippen molar-refractivity contribution in [3.05, 3.63) is 40.8 Å². The van der Waals surface area contributed by atoms with Crippen LogP contribution < -0.4 is 0 Å². The van der Waals surface area contributed by atoms with Gasteiger partial charge < -0.3 is 9.47 Å². The average molecular weight is 274 g/mol. The molecular weight excluding hydrogens is 260 g/mol. The summed E-state index contributed by atoms with van der Waals surface area (Å²) >= 11 is 1.49. The molecule has 2 heterocycles. The third-order valence-electron chi connectivity index (χ3n) is 3.24. The molecule has 19 heavy (non-hydrogen) atoms. The summed E-state index contributed by atoms with van der Waals surface area (Å²) in [7, 11) is 1.41. The van der Waals surface area contributed by atoms with Gasteiger partial charge >= 0.3 is 5.97 Å². The molecule has 4 heteroatoms. The van der Waals surface area contributed by atoms with Crippen LogP contribution in [-0.2, 0) is 9.47 Å². The lowest BCUT2D eigenvalue weighted by Gasteiger charge is -2.14. The third kappa shape index (κ3) is 2.29. The Morgan fingerprint density at radius 2 is 2.32 bits per heavy atom. The zero-order chi connectivity index (χ0) is 13.2. The molecular formula is C15H14O3S. The minimum atomic E-state index is -0.270. The molecule has 1 aliphatic rings. The predicted molar refractivity (Wildman–Crippen MR) is 76.6 cm³/mol. The molecule has 3 rings (SSSR count). The van der Waals surface area contributed by atoms with Gasteiger partial charge in [0.25, 0.3) is 0 Å². The number of benzene rings is 1. The van der Waals surface area contributed by atoms with E-state index in [0.29, 0.717) is 11.5 Å². The van der Waals surface area contributed by atoms with Gasteiger partial charge in [0.05, 0.1) is 20.3 Å². The number of ether oxygens (including phenoxy) is 2. The minimum absolute atomic E-state index is 0.270. The fourth-order valence-corrected chi connectivity index (χ4v) is 3.42. The summed E-state index contributed by atoms with van der Waals surface area (Å²) in [6.07, 6.45) is 3.04. The Labute approximate surface area is 115 Å². The maximum atomic E-state index is 11.6. The van der Waals surface area contributed by atoms with Gasteiger partial charge in [0.15, 0.2) is 0 Å². The topological polar surface area (TPSA) is 35.5 Å². The summed E-state index contributed by atoms with van der Waals surface area (Å²) in [6, 6.07) is 8.07. The largest absolute Gasteiger partial charge is 0.465 e. The highest BCUT2D eigenvalue weighted by atomic mass is 32.1. The molecule has 0 bridgehead atoms.